The van der Waals surface area contributed by atoms with Gasteiger partial charge in [-0.15, -0.1) is 0 Å². The van der Waals surface area contributed by atoms with E-state index in [0.717, 1.165) is 0 Å². The van der Waals surface area contributed by atoms with E-state index in [9.17, 15) is 9.59 Å². The van der Waals surface area contributed by atoms with Gasteiger partial charge in [-0.1, -0.05) is 0 Å². The van der Waals surface area contributed by atoms with Gasteiger partial charge in [-0.05, 0) is 41.0 Å². The number of hydrogen-bond donors (Lipinski definition) is 2. The first-order chi connectivity index (χ1) is 10.6. The molecule has 0 saturated carbocycles. The molecule has 1 fully saturated rings. The van der Waals surface area contributed by atoms with Crippen LogP contribution in [0.1, 0.15) is 50.2 Å². The van der Waals surface area contributed by atoms with Crippen LogP contribution in [0.3, 0.4) is 0 Å². The molecule has 1 saturated heterocycles. The molecule has 2 N–H and O–H groups in total. The minimum atomic E-state index is -0.489. The first-order valence-corrected chi connectivity index (χ1v) is 7.58. The summed E-state index contributed by atoms with van der Waals surface area (Å²) in [5.74, 6) is 0.0248. The van der Waals surface area contributed by atoms with E-state index in [4.69, 9.17) is 9.15 Å². The van der Waals surface area contributed by atoms with Crippen molar-refractivity contribution in [1.29, 1.82) is 0 Å². The second-order valence-electron chi connectivity index (χ2n) is 7.14. The molecule has 124 valence electrons. The first-order valence-electron chi connectivity index (χ1n) is 7.58. The van der Waals surface area contributed by atoms with Gasteiger partial charge < -0.3 is 19.5 Å². The number of hydrogen-bond acceptors (Lipinski definition) is 5. The van der Waals surface area contributed by atoms with Crippen LogP contribution in [0.5, 0.6) is 0 Å². The zero-order chi connectivity index (χ0) is 17.0. The summed E-state index contributed by atoms with van der Waals surface area (Å²) in [6, 6.07) is -0.162. The quantitative estimate of drug-likeness (QED) is 0.881. The first kappa shape index (κ1) is 15.7. The summed E-state index contributed by atoms with van der Waals surface area (Å²) >= 11 is 0. The number of amides is 1. The lowest BCUT2D eigenvalue weighted by molar-refractivity contribution is -0.0693. The molecule has 0 bridgehead atoms. The Morgan fingerprint density at radius 2 is 2.09 bits per heavy atom. The van der Waals surface area contributed by atoms with Gasteiger partial charge >= 0.3 is 0 Å². The topological polar surface area (TPSA) is 97.2 Å². The summed E-state index contributed by atoms with van der Waals surface area (Å²) in [7, 11) is 0. The third-order valence-electron chi connectivity index (χ3n) is 4.28. The lowest BCUT2D eigenvalue weighted by atomic mass is 9.94. The zero-order valence-corrected chi connectivity index (χ0v) is 13.9. The molecule has 2 aromatic heterocycles. The molecule has 1 aliphatic rings. The van der Waals surface area contributed by atoms with Gasteiger partial charge in [0.1, 0.15) is 11.1 Å². The second kappa shape index (κ2) is 4.92. The maximum atomic E-state index is 12.7. The number of nitrogens with zero attached hydrogens (tertiary/aromatic N) is 1. The molecule has 0 spiro atoms. The van der Waals surface area contributed by atoms with Crippen molar-refractivity contribution in [1.82, 2.24) is 15.3 Å². The van der Waals surface area contributed by atoms with Crippen LogP contribution in [0.4, 0.5) is 0 Å². The second-order valence-corrected chi connectivity index (χ2v) is 7.14. The maximum absolute atomic E-state index is 12.7. The SMILES string of the molecule is Cc1oc2nc[nH]c(=O)c2c1C(=O)NC1CC(C)(C)OC1(C)C. The lowest BCUT2D eigenvalue weighted by Gasteiger charge is -2.27. The van der Waals surface area contributed by atoms with Crippen molar-refractivity contribution < 1.29 is 13.9 Å². The van der Waals surface area contributed by atoms with Crippen molar-refractivity contribution in [3.05, 3.63) is 28.0 Å². The Bertz CT molecular complexity index is 831. The molecule has 1 amide bonds. The smallest absolute Gasteiger partial charge is 0.262 e. The molecule has 1 unspecified atom stereocenters. The largest absolute Gasteiger partial charge is 0.442 e. The molecule has 3 heterocycles. The third-order valence-corrected chi connectivity index (χ3v) is 4.28. The van der Waals surface area contributed by atoms with Gasteiger partial charge in [-0.3, -0.25) is 9.59 Å². The number of nitrogens with one attached hydrogen (secondary N) is 2. The van der Waals surface area contributed by atoms with Gasteiger partial charge in [0.15, 0.2) is 0 Å². The fourth-order valence-electron chi connectivity index (χ4n) is 3.34. The molecular weight excluding hydrogens is 298 g/mol. The van der Waals surface area contributed by atoms with E-state index in [1.165, 1.54) is 6.33 Å². The molecule has 0 radical (unpaired) electrons. The van der Waals surface area contributed by atoms with Gasteiger partial charge in [-0.2, -0.15) is 0 Å². The highest BCUT2D eigenvalue weighted by Gasteiger charge is 2.46. The summed E-state index contributed by atoms with van der Waals surface area (Å²) in [4.78, 5) is 31.2. The Morgan fingerprint density at radius 3 is 2.70 bits per heavy atom. The number of aromatic amines is 1. The Balaban J connectivity index is 1.96. The number of aromatic nitrogens is 2. The Hall–Kier alpha value is -2.15. The van der Waals surface area contributed by atoms with Crippen molar-refractivity contribution in [2.75, 3.05) is 0 Å². The fraction of sp³-hybridized carbons (Fsp3) is 0.562. The van der Waals surface area contributed by atoms with Crippen LogP contribution < -0.4 is 10.9 Å². The van der Waals surface area contributed by atoms with Gasteiger partial charge in [0.2, 0.25) is 5.71 Å². The van der Waals surface area contributed by atoms with Crippen molar-refractivity contribution in [2.45, 2.75) is 58.3 Å². The molecule has 23 heavy (non-hydrogen) atoms. The van der Waals surface area contributed by atoms with E-state index in [-0.39, 0.29) is 39.8 Å². The minimum absolute atomic E-state index is 0.162. The summed E-state index contributed by atoms with van der Waals surface area (Å²) in [5.41, 5.74) is -0.793. The van der Waals surface area contributed by atoms with E-state index < -0.39 is 5.60 Å². The minimum Gasteiger partial charge on any atom is -0.442 e. The number of aryl methyl sites for hydroxylation is 1. The van der Waals surface area contributed by atoms with E-state index in [2.05, 4.69) is 15.3 Å². The van der Waals surface area contributed by atoms with Crippen molar-refractivity contribution in [3.63, 3.8) is 0 Å². The zero-order valence-electron chi connectivity index (χ0n) is 13.9. The molecule has 1 atom stereocenters. The van der Waals surface area contributed by atoms with Crippen LogP contribution in [0, 0.1) is 6.92 Å². The fourth-order valence-corrected chi connectivity index (χ4v) is 3.34. The number of H-pyrrole nitrogens is 1. The molecule has 7 nitrogen and oxygen atoms in total. The highest BCUT2D eigenvalue weighted by molar-refractivity contribution is 6.06. The molecule has 1 aliphatic heterocycles. The van der Waals surface area contributed by atoms with Gasteiger partial charge in [0.25, 0.3) is 11.5 Å². The van der Waals surface area contributed by atoms with Crippen LogP contribution in [-0.4, -0.2) is 33.1 Å². The summed E-state index contributed by atoms with van der Waals surface area (Å²) in [6.45, 7) is 9.53. The predicted molar refractivity (Wildman–Crippen MR) is 84.5 cm³/mol. The van der Waals surface area contributed by atoms with E-state index >= 15 is 0 Å². The van der Waals surface area contributed by atoms with Crippen molar-refractivity contribution in [2.24, 2.45) is 0 Å². The van der Waals surface area contributed by atoms with E-state index in [1.54, 1.807) is 6.92 Å². The predicted octanol–water partition coefficient (Wildman–Crippen LogP) is 1.90. The monoisotopic (exact) mass is 319 g/mol. The summed E-state index contributed by atoms with van der Waals surface area (Å²) in [6.07, 6.45) is 1.95. The normalized spacial score (nSPS) is 22.4. The molecule has 3 rings (SSSR count). The number of rotatable bonds is 2. The summed E-state index contributed by atoms with van der Waals surface area (Å²) in [5, 5.41) is 3.16. The van der Waals surface area contributed by atoms with Crippen LogP contribution in [0.25, 0.3) is 11.1 Å². The molecular formula is C16H21N3O4. The van der Waals surface area contributed by atoms with Crippen molar-refractivity contribution >= 4 is 17.0 Å². The number of fused-ring (bicyclic) bond motifs is 1. The van der Waals surface area contributed by atoms with Gasteiger partial charge in [-0.25, -0.2) is 4.98 Å². The molecule has 0 aliphatic carbocycles. The summed E-state index contributed by atoms with van der Waals surface area (Å²) < 4.78 is 11.4. The Kier molecular flexibility index (Phi) is 3.37. The van der Waals surface area contributed by atoms with Crippen LogP contribution in [0.15, 0.2) is 15.5 Å². The molecule has 7 heteroatoms. The third kappa shape index (κ3) is 2.65. The average Bonchev–Trinajstić information content (AvgIpc) is 2.83. The number of furan rings is 1. The highest BCUT2D eigenvalue weighted by atomic mass is 16.5. The lowest BCUT2D eigenvalue weighted by Crippen LogP contribution is -2.46. The molecule has 2 aromatic rings. The number of carbonyl (C=O) groups is 1. The van der Waals surface area contributed by atoms with E-state index in [0.29, 0.717) is 12.2 Å². The average molecular weight is 319 g/mol. The van der Waals surface area contributed by atoms with Crippen LogP contribution in [0.2, 0.25) is 0 Å². The number of carbonyl (C=O) groups excluding carboxylic acids is 1. The standard InChI is InChI=1S/C16H21N3O4/c1-8-10(11-12(20)17-7-18-14(11)22-8)13(21)19-9-6-15(2,3)23-16(9,4)5/h7,9H,6H2,1-5H3,(H,19,21)(H,17,18,20). The van der Waals surface area contributed by atoms with Crippen molar-refractivity contribution in [3.8, 4) is 0 Å². The Morgan fingerprint density at radius 1 is 1.39 bits per heavy atom. The van der Waals surface area contributed by atoms with Gasteiger partial charge in [0.05, 0.1) is 29.1 Å². The van der Waals surface area contributed by atoms with Crippen LogP contribution >= 0.6 is 0 Å². The number of ether oxygens (including phenoxy) is 1. The maximum Gasteiger partial charge on any atom is 0.262 e. The van der Waals surface area contributed by atoms with E-state index in [1.807, 2.05) is 27.7 Å². The van der Waals surface area contributed by atoms with Crippen LogP contribution in [-0.2, 0) is 4.74 Å². The Labute approximate surface area is 133 Å². The highest BCUT2D eigenvalue weighted by Crippen LogP contribution is 2.37. The molecule has 0 aromatic carbocycles. The van der Waals surface area contributed by atoms with Gasteiger partial charge in [0, 0.05) is 0 Å².